The Kier molecular flexibility index (Phi) is 3.37. The summed E-state index contributed by atoms with van der Waals surface area (Å²) >= 11 is 0. The average molecular weight is 234 g/mol. The number of nitrogens with zero attached hydrogens (tertiary/aromatic N) is 2. The molecule has 1 saturated heterocycles. The van der Waals surface area contributed by atoms with Gasteiger partial charge in [-0.2, -0.15) is 0 Å². The van der Waals surface area contributed by atoms with Gasteiger partial charge in [0.25, 0.3) is 0 Å². The highest BCUT2D eigenvalue weighted by Crippen LogP contribution is 2.27. The summed E-state index contributed by atoms with van der Waals surface area (Å²) in [7, 11) is 1.38. The second kappa shape index (κ2) is 4.95. The van der Waals surface area contributed by atoms with Crippen LogP contribution >= 0.6 is 0 Å². The van der Waals surface area contributed by atoms with Gasteiger partial charge in [-0.15, -0.1) is 0 Å². The molecule has 0 bridgehead atoms. The second-order valence-electron chi connectivity index (χ2n) is 3.93. The zero-order valence-electron chi connectivity index (χ0n) is 9.63. The number of ether oxygens (including phenoxy) is 1. The van der Waals surface area contributed by atoms with Gasteiger partial charge in [0, 0.05) is 18.9 Å². The Bertz CT molecular complexity index is 434. The third-order valence-corrected chi connectivity index (χ3v) is 2.99. The minimum atomic E-state index is -0.291. The number of methoxy groups -OCH3 is 1. The highest BCUT2D eigenvalue weighted by molar-refractivity contribution is 5.87. The molecule has 17 heavy (non-hydrogen) atoms. The van der Waals surface area contributed by atoms with Gasteiger partial charge >= 0.3 is 5.97 Å². The topological polar surface area (TPSA) is 59.5 Å². The summed E-state index contributed by atoms with van der Waals surface area (Å²) in [4.78, 5) is 28.4. The van der Waals surface area contributed by atoms with Crippen molar-refractivity contribution in [2.24, 2.45) is 0 Å². The third-order valence-electron chi connectivity index (χ3n) is 2.99. The molecule has 1 atom stereocenters. The lowest BCUT2D eigenvalue weighted by Gasteiger charge is -2.25. The standard InChI is InChI=1S/C12H14N2O3/c1-17-12(16)11-3-2-6-14(11)10-4-5-13-7-9(10)8-15/h4-5,7-8,11H,2-3,6H2,1H3. The van der Waals surface area contributed by atoms with Crippen LogP contribution in [0.1, 0.15) is 23.2 Å². The maximum atomic E-state index is 11.6. The van der Waals surface area contributed by atoms with Crippen LogP contribution in [0.5, 0.6) is 0 Å². The lowest BCUT2D eigenvalue weighted by molar-refractivity contribution is -0.141. The minimum absolute atomic E-state index is 0.254. The van der Waals surface area contributed by atoms with Crippen LogP contribution in [0.15, 0.2) is 18.5 Å². The fourth-order valence-corrected chi connectivity index (χ4v) is 2.19. The van der Waals surface area contributed by atoms with E-state index in [0.717, 1.165) is 31.4 Å². The van der Waals surface area contributed by atoms with Gasteiger partial charge in [-0.1, -0.05) is 0 Å². The Hall–Kier alpha value is -1.91. The van der Waals surface area contributed by atoms with E-state index in [4.69, 9.17) is 4.74 Å². The van der Waals surface area contributed by atoms with Crippen molar-refractivity contribution in [3.05, 3.63) is 24.0 Å². The molecule has 1 aromatic heterocycles. The monoisotopic (exact) mass is 234 g/mol. The van der Waals surface area contributed by atoms with Crippen LogP contribution in [0.2, 0.25) is 0 Å². The lowest BCUT2D eigenvalue weighted by atomic mass is 10.2. The molecular formula is C12H14N2O3. The first-order chi connectivity index (χ1) is 8.27. The summed E-state index contributed by atoms with van der Waals surface area (Å²) in [5, 5.41) is 0. The summed E-state index contributed by atoms with van der Waals surface area (Å²) < 4.78 is 4.77. The summed E-state index contributed by atoms with van der Waals surface area (Å²) in [6, 6.07) is 1.46. The number of aldehydes is 1. The SMILES string of the molecule is COC(=O)C1CCCN1c1ccncc1C=O. The summed E-state index contributed by atoms with van der Waals surface area (Å²) in [5.41, 5.74) is 1.26. The van der Waals surface area contributed by atoms with Crippen LogP contribution in [-0.2, 0) is 9.53 Å². The van der Waals surface area contributed by atoms with Crippen molar-refractivity contribution in [1.82, 2.24) is 4.98 Å². The van der Waals surface area contributed by atoms with Crippen LogP contribution < -0.4 is 4.90 Å². The number of carbonyl (C=O) groups is 2. The van der Waals surface area contributed by atoms with Crippen LogP contribution in [0.4, 0.5) is 5.69 Å². The summed E-state index contributed by atoms with van der Waals surface area (Å²) in [5.74, 6) is -0.254. The van der Waals surface area contributed by atoms with Crippen LogP contribution in [0.3, 0.4) is 0 Å². The fourth-order valence-electron chi connectivity index (χ4n) is 2.19. The molecule has 0 saturated carbocycles. The van der Waals surface area contributed by atoms with Crippen molar-refractivity contribution in [3.8, 4) is 0 Å². The third kappa shape index (κ3) is 2.13. The van der Waals surface area contributed by atoms with Crippen molar-refractivity contribution >= 4 is 17.9 Å². The molecule has 0 radical (unpaired) electrons. The Morgan fingerprint density at radius 2 is 2.47 bits per heavy atom. The van der Waals surface area contributed by atoms with Crippen molar-refractivity contribution in [1.29, 1.82) is 0 Å². The summed E-state index contributed by atoms with van der Waals surface area (Å²) in [6.45, 7) is 0.755. The van der Waals surface area contributed by atoms with E-state index in [1.807, 2.05) is 4.90 Å². The van der Waals surface area contributed by atoms with Crippen LogP contribution in [-0.4, -0.2) is 36.9 Å². The smallest absolute Gasteiger partial charge is 0.328 e. The number of anilines is 1. The van der Waals surface area contributed by atoms with Gasteiger partial charge in [0.2, 0.25) is 0 Å². The highest BCUT2D eigenvalue weighted by Gasteiger charge is 2.32. The van der Waals surface area contributed by atoms with Gasteiger partial charge in [-0.25, -0.2) is 4.79 Å². The van der Waals surface area contributed by atoms with E-state index in [-0.39, 0.29) is 12.0 Å². The number of esters is 1. The fraction of sp³-hybridized carbons (Fsp3) is 0.417. The number of carbonyl (C=O) groups excluding carboxylic acids is 2. The maximum Gasteiger partial charge on any atom is 0.328 e. The average Bonchev–Trinajstić information content (AvgIpc) is 2.86. The maximum absolute atomic E-state index is 11.6. The molecule has 0 aliphatic carbocycles. The first-order valence-electron chi connectivity index (χ1n) is 5.51. The van der Waals surface area contributed by atoms with E-state index < -0.39 is 0 Å². The molecule has 1 unspecified atom stereocenters. The van der Waals surface area contributed by atoms with Crippen LogP contribution in [0.25, 0.3) is 0 Å². The zero-order chi connectivity index (χ0) is 12.3. The van der Waals surface area contributed by atoms with E-state index in [9.17, 15) is 9.59 Å². The molecule has 0 spiro atoms. The molecule has 0 amide bonds. The highest BCUT2D eigenvalue weighted by atomic mass is 16.5. The summed E-state index contributed by atoms with van der Waals surface area (Å²) in [6.07, 6.45) is 5.56. The number of pyridine rings is 1. The largest absolute Gasteiger partial charge is 0.467 e. The Balaban J connectivity index is 2.32. The molecule has 1 aliphatic heterocycles. The van der Waals surface area contributed by atoms with Crippen molar-refractivity contribution in [2.45, 2.75) is 18.9 Å². The predicted octanol–water partition coefficient (Wildman–Crippen LogP) is 1.04. The molecule has 2 rings (SSSR count). The number of rotatable bonds is 3. The van der Waals surface area contributed by atoms with Gasteiger partial charge in [-0.05, 0) is 18.9 Å². The molecule has 5 heteroatoms. The molecule has 0 N–H and O–H groups in total. The van der Waals surface area contributed by atoms with Gasteiger partial charge in [-0.3, -0.25) is 9.78 Å². The van der Waals surface area contributed by atoms with E-state index in [1.165, 1.54) is 13.3 Å². The lowest BCUT2D eigenvalue weighted by Crippen LogP contribution is -2.37. The molecule has 5 nitrogen and oxygen atoms in total. The molecule has 1 aliphatic rings. The molecule has 90 valence electrons. The Morgan fingerprint density at radius 1 is 1.65 bits per heavy atom. The number of hydrogen-bond donors (Lipinski definition) is 0. The number of hydrogen-bond acceptors (Lipinski definition) is 5. The van der Waals surface area contributed by atoms with Crippen molar-refractivity contribution in [2.75, 3.05) is 18.6 Å². The normalized spacial score (nSPS) is 19.1. The Morgan fingerprint density at radius 3 is 3.18 bits per heavy atom. The van der Waals surface area contributed by atoms with E-state index >= 15 is 0 Å². The first-order valence-corrected chi connectivity index (χ1v) is 5.51. The second-order valence-corrected chi connectivity index (χ2v) is 3.93. The molecule has 1 aromatic rings. The zero-order valence-corrected chi connectivity index (χ0v) is 9.63. The molecule has 0 aromatic carbocycles. The van der Waals surface area contributed by atoms with E-state index in [0.29, 0.717) is 5.56 Å². The van der Waals surface area contributed by atoms with Gasteiger partial charge in [0.05, 0.1) is 18.4 Å². The Labute approximate surface area is 99.4 Å². The van der Waals surface area contributed by atoms with Crippen molar-refractivity contribution in [3.63, 3.8) is 0 Å². The quantitative estimate of drug-likeness (QED) is 0.577. The van der Waals surface area contributed by atoms with Gasteiger partial charge in [0.15, 0.2) is 6.29 Å². The van der Waals surface area contributed by atoms with Crippen LogP contribution in [0, 0.1) is 0 Å². The molecule has 1 fully saturated rings. The van der Waals surface area contributed by atoms with E-state index in [1.54, 1.807) is 12.3 Å². The number of aromatic nitrogens is 1. The van der Waals surface area contributed by atoms with Gasteiger partial charge in [0.1, 0.15) is 6.04 Å². The molecular weight excluding hydrogens is 220 g/mol. The minimum Gasteiger partial charge on any atom is -0.467 e. The van der Waals surface area contributed by atoms with Gasteiger partial charge < -0.3 is 9.64 Å². The van der Waals surface area contributed by atoms with E-state index in [2.05, 4.69) is 4.98 Å². The first kappa shape index (κ1) is 11.6. The van der Waals surface area contributed by atoms with Crippen molar-refractivity contribution < 1.29 is 14.3 Å². The predicted molar refractivity (Wildman–Crippen MR) is 62.0 cm³/mol. The molecule has 2 heterocycles.